The van der Waals surface area contributed by atoms with E-state index in [1.807, 2.05) is 0 Å². The van der Waals surface area contributed by atoms with E-state index < -0.39 is 29.9 Å². The van der Waals surface area contributed by atoms with Gasteiger partial charge >= 0.3 is 5.97 Å². The van der Waals surface area contributed by atoms with Gasteiger partial charge in [0.15, 0.2) is 0 Å². The first-order chi connectivity index (χ1) is 8.92. The molecule has 0 fully saturated rings. The lowest BCUT2D eigenvalue weighted by Crippen LogP contribution is -2.51. The van der Waals surface area contributed by atoms with Crippen LogP contribution in [0.4, 0.5) is 0 Å². The molecule has 0 spiro atoms. The van der Waals surface area contributed by atoms with E-state index in [0.29, 0.717) is 19.4 Å². The highest BCUT2D eigenvalue weighted by molar-refractivity contribution is 5.90. The highest BCUT2D eigenvalue weighted by Crippen LogP contribution is 2.01. The maximum atomic E-state index is 11.8. The van der Waals surface area contributed by atoms with Crippen LogP contribution in [0.1, 0.15) is 26.2 Å². The number of nitrogens with one attached hydrogen (secondary N) is 2. The molecule has 110 valence electrons. The highest BCUT2D eigenvalue weighted by atomic mass is 16.4. The summed E-state index contributed by atoms with van der Waals surface area (Å²) < 4.78 is 0. The van der Waals surface area contributed by atoms with Gasteiger partial charge in [0.25, 0.3) is 0 Å². The van der Waals surface area contributed by atoms with Crippen molar-refractivity contribution in [3.63, 3.8) is 0 Å². The molecule has 0 saturated carbocycles. The summed E-state index contributed by atoms with van der Waals surface area (Å²) in [5.74, 6) is -2.14. The number of hydrogen-bond acceptors (Lipinski definition) is 5. The zero-order valence-corrected chi connectivity index (χ0v) is 11.0. The molecule has 0 aliphatic heterocycles. The predicted molar refractivity (Wildman–Crippen MR) is 69.1 cm³/mol. The Morgan fingerprint density at radius 1 is 1.16 bits per heavy atom. The van der Waals surface area contributed by atoms with Gasteiger partial charge in [0.2, 0.25) is 11.8 Å². The lowest BCUT2D eigenvalue weighted by atomic mass is 10.1. The monoisotopic (exact) mass is 274 g/mol. The first kappa shape index (κ1) is 17.3. The van der Waals surface area contributed by atoms with Crippen LogP contribution in [0.5, 0.6) is 0 Å². The molecule has 0 aliphatic rings. The van der Waals surface area contributed by atoms with Crippen molar-refractivity contribution in [1.29, 1.82) is 0 Å². The van der Waals surface area contributed by atoms with Gasteiger partial charge in [-0.3, -0.25) is 14.4 Å². The van der Waals surface area contributed by atoms with Gasteiger partial charge in [-0.15, -0.1) is 0 Å². The molecule has 0 aromatic heterocycles. The Bertz CT molecular complexity index is 322. The summed E-state index contributed by atoms with van der Waals surface area (Å²) in [5, 5.41) is 13.5. The first-order valence-corrected chi connectivity index (χ1v) is 6.15. The summed E-state index contributed by atoms with van der Waals surface area (Å²) >= 11 is 0. The van der Waals surface area contributed by atoms with Crippen LogP contribution in [0, 0.1) is 0 Å². The van der Waals surface area contributed by atoms with Crippen LogP contribution in [0.25, 0.3) is 0 Å². The molecule has 2 atom stereocenters. The topological polar surface area (TPSA) is 148 Å². The van der Waals surface area contributed by atoms with Gasteiger partial charge in [0, 0.05) is 0 Å². The number of hydrogen-bond donors (Lipinski definition) is 5. The van der Waals surface area contributed by atoms with E-state index >= 15 is 0 Å². The molecule has 0 saturated heterocycles. The van der Waals surface area contributed by atoms with Gasteiger partial charge in [-0.1, -0.05) is 0 Å². The molecule has 2 amide bonds. The number of unbranched alkanes of at least 4 members (excludes halogenated alkanes) is 1. The Morgan fingerprint density at radius 3 is 2.26 bits per heavy atom. The fraction of sp³-hybridized carbons (Fsp3) is 0.727. The molecule has 2 unspecified atom stereocenters. The number of rotatable bonds is 9. The maximum absolute atomic E-state index is 11.8. The van der Waals surface area contributed by atoms with Crippen molar-refractivity contribution in [2.75, 3.05) is 13.1 Å². The summed E-state index contributed by atoms with van der Waals surface area (Å²) in [7, 11) is 0. The van der Waals surface area contributed by atoms with Crippen molar-refractivity contribution < 1.29 is 19.5 Å². The Morgan fingerprint density at radius 2 is 1.79 bits per heavy atom. The Kier molecular flexibility index (Phi) is 8.47. The molecule has 0 heterocycles. The van der Waals surface area contributed by atoms with Crippen LogP contribution in [0.2, 0.25) is 0 Å². The number of carbonyl (C=O) groups excluding carboxylic acids is 2. The average Bonchev–Trinajstić information content (AvgIpc) is 2.37. The molecule has 7 N–H and O–H groups in total. The van der Waals surface area contributed by atoms with Crippen LogP contribution in [0.15, 0.2) is 0 Å². The van der Waals surface area contributed by atoms with E-state index in [4.69, 9.17) is 16.6 Å². The summed E-state index contributed by atoms with van der Waals surface area (Å²) in [5.41, 5.74) is 10.5. The number of aliphatic carboxylic acids is 1. The Hall–Kier alpha value is -1.67. The lowest BCUT2D eigenvalue weighted by molar-refractivity contribution is -0.141. The fourth-order valence-corrected chi connectivity index (χ4v) is 1.39. The minimum Gasteiger partial charge on any atom is -0.480 e. The molecular weight excluding hydrogens is 252 g/mol. The maximum Gasteiger partial charge on any atom is 0.325 e. The van der Waals surface area contributed by atoms with Gasteiger partial charge in [-0.05, 0) is 32.7 Å². The van der Waals surface area contributed by atoms with E-state index in [-0.39, 0.29) is 6.54 Å². The number of carboxylic acids is 1. The number of carbonyl (C=O) groups is 3. The van der Waals surface area contributed by atoms with Crippen LogP contribution in [-0.4, -0.2) is 48.1 Å². The minimum atomic E-state index is -1.14. The molecule has 0 aliphatic carbocycles. The normalized spacial score (nSPS) is 13.4. The zero-order valence-electron chi connectivity index (χ0n) is 11.0. The average molecular weight is 274 g/mol. The molecular formula is C11H22N4O4. The third kappa shape index (κ3) is 7.37. The quantitative estimate of drug-likeness (QED) is 0.312. The van der Waals surface area contributed by atoms with Gasteiger partial charge in [0.1, 0.15) is 12.1 Å². The van der Waals surface area contributed by atoms with Crippen molar-refractivity contribution in [3.05, 3.63) is 0 Å². The van der Waals surface area contributed by atoms with E-state index in [1.165, 1.54) is 6.92 Å². The van der Waals surface area contributed by atoms with Crippen LogP contribution in [-0.2, 0) is 14.4 Å². The molecule has 8 nitrogen and oxygen atoms in total. The second-order valence-electron chi connectivity index (χ2n) is 4.18. The highest BCUT2D eigenvalue weighted by Gasteiger charge is 2.23. The summed E-state index contributed by atoms with van der Waals surface area (Å²) in [6.07, 6.45) is 1.76. The van der Waals surface area contributed by atoms with Crippen molar-refractivity contribution in [1.82, 2.24) is 10.6 Å². The SMILES string of the molecule is CC(NC(=O)C(CCCCN)NC(=O)CN)C(=O)O. The summed E-state index contributed by atoms with van der Waals surface area (Å²) in [4.78, 5) is 33.7. The fourth-order valence-electron chi connectivity index (χ4n) is 1.39. The summed E-state index contributed by atoms with van der Waals surface area (Å²) in [6, 6.07) is -1.80. The molecule has 0 rings (SSSR count). The molecule has 0 aromatic rings. The number of amides is 2. The molecule has 0 aromatic carbocycles. The van der Waals surface area contributed by atoms with Gasteiger partial charge in [-0.25, -0.2) is 0 Å². The van der Waals surface area contributed by atoms with Gasteiger partial charge in [0.05, 0.1) is 6.54 Å². The molecule has 0 radical (unpaired) electrons. The van der Waals surface area contributed by atoms with Crippen molar-refractivity contribution >= 4 is 17.8 Å². The van der Waals surface area contributed by atoms with E-state index in [0.717, 1.165) is 6.42 Å². The zero-order chi connectivity index (χ0) is 14.8. The van der Waals surface area contributed by atoms with Crippen molar-refractivity contribution in [2.24, 2.45) is 11.5 Å². The Balaban J connectivity index is 4.48. The predicted octanol–water partition coefficient (Wildman–Crippen LogP) is -1.85. The molecule has 8 heteroatoms. The second-order valence-corrected chi connectivity index (χ2v) is 4.18. The first-order valence-electron chi connectivity index (χ1n) is 6.15. The summed E-state index contributed by atoms with van der Waals surface area (Å²) in [6.45, 7) is 1.61. The van der Waals surface area contributed by atoms with Gasteiger partial charge in [-0.2, -0.15) is 0 Å². The number of nitrogens with two attached hydrogens (primary N) is 2. The van der Waals surface area contributed by atoms with Crippen LogP contribution < -0.4 is 22.1 Å². The van der Waals surface area contributed by atoms with Crippen molar-refractivity contribution in [2.45, 2.75) is 38.3 Å². The van der Waals surface area contributed by atoms with Gasteiger partial charge < -0.3 is 27.2 Å². The van der Waals surface area contributed by atoms with Crippen molar-refractivity contribution in [3.8, 4) is 0 Å². The standard InChI is InChI=1S/C11H22N4O4/c1-7(11(18)19)14-10(17)8(4-2-3-5-12)15-9(16)6-13/h7-8H,2-6,12-13H2,1H3,(H,14,17)(H,15,16)(H,18,19). The third-order valence-electron chi connectivity index (χ3n) is 2.51. The van der Waals surface area contributed by atoms with Crippen LogP contribution >= 0.6 is 0 Å². The third-order valence-corrected chi connectivity index (χ3v) is 2.51. The Labute approximate surface area is 111 Å². The largest absolute Gasteiger partial charge is 0.480 e. The van der Waals surface area contributed by atoms with E-state index in [2.05, 4.69) is 10.6 Å². The second kappa shape index (κ2) is 9.29. The van der Waals surface area contributed by atoms with E-state index in [1.54, 1.807) is 0 Å². The molecule has 19 heavy (non-hydrogen) atoms. The smallest absolute Gasteiger partial charge is 0.325 e. The number of carboxylic acid groups (broad SMARTS) is 1. The minimum absolute atomic E-state index is 0.227. The lowest BCUT2D eigenvalue weighted by Gasteiger charge is -2.19. The van der Waals surface area contributed by atoms with E-state index in [9.17, 15) is 14.4 Å². The molecule has 0 bridgehead atoms. The van der Waals surface area contributed by atoms with Crippen LogP contribution in [0.3, 0.4) is 0 Å².